The van der Waals surface area contributed by atoms with Crippen LogP contribution in [0.3, 0.4) is 0 Å². The molecule has 0 aliphatic rings. The van der Waals surface area contributed by atoms with Crippen molar-refractivity contribution >= 4 is 17.7 Å². The van der Waals surface area contributed by atoms with Gasteiger partial charge in [0.05, 0.1) is 18.9 Å². The summed E-state index contributed by atoms with van der Waals surface area (Å²) in [4.78, 5) is 16.2. The minimum absolute atomic E-state index is 0.0319. The molecule has 0 saturated heterocycles. The molecule has 2 aromatic rings. The highest BCUT2D eigenvalue weighted by Crippen LogP contribution is 2.24. The zero-order valence-corrected chi connectivity index (χ0v) is 13.6. The van der Waals surface area contributed by atoms with Gasteiger partial charge in [0.2, 0.25) is 5.91 Å². The molecule has 0 radical (unpaired) electrons. The lowest BCUT2D eigenvalue weighted by Gasteiger charge is -2.20. The zero-order valence-electron chi connectivity index (χ0n) is 12.8. The number of methoxy groups -OCH3 is 1. The molecule has 1 unspecified atom stereocenters. The van der Waals surface area contributed by atoms with Gasteiger partial charge in [0.1, 0.15) is 5.75 Å². The van der Waals surface area contributed by atoms with E-state index in [1.165, 1.54) is 0 Å². The second kappa shape index (κ2) is 8.44. The molecule has 1 N–H and O–H groups in total. The van der Waals surface area contributed by atoms with Crippen molar-refractivity contribution in [1.29, 1.82) is 0 Å². The molecular formula is C17H20N2O2S. The number of nitrogens with zero attached hydrogens (tertiary/aromatic N) is 1. The largest absolute Gasteiger partial charge is 0.497 e. The number of pyridine rings is 1. The van der Waals surface area contributed by atoms with E-state index in [0.29, 0.717) is 5.75 Å². The first-order chi connectivity index (χ1) is 10.7. The molecule has 0 fully saturated rings. The highest BCUT2D eigenvalue weighted by molar-refractivity contribution is 7.99. The van der Waals surface area contributed by atoms with Crippen molar-refractivity contribution in [2.45, 2.75) is 13.0 Å². The number of amides is 1. The number of hydrogen-bond acceptors (Lipinski definition) is 4. The first kappa shape index (κ1) is 16.4. The molecule has 1 atom stereocenters. The van der Waals surface area contributed by atoms with Crippen molar-refractivity contribution in [1.82, 2.24) is 10.3 Å². The highest BCUT2D eigenvalue weighted by atomic mass is 32.2. The van der Waals surface area contributed by atoms with Crippen LogP contribution >= 0.6 is 11.8 Å². The number of hydrogen-bond donors (Lipinski definition) is 1. The fraction of sp³-hybridized carbons (Fsp3) is 0.294. The third kappa shape index (κ3) is 4.49. The lowest BCUT2D eigenvalue weighted by Crippen LogP contribution is -2.30. The van der Waals surface area contributed by atoms with Crippen molar-refractivity contribution in [2.75, 3.05) is 18.6 Å². The maximum Gasteiger partial charge on any atom is 0.230 e. The predicted molar refractivity (Wildman–Crippen MR) is 90.2 cm³/mol. The molecule has 1 heterocycles. The Morgan fingerprint density at radius 1 is 1.18 bits per heavy atom. The molecule has 0 saturated carbocycles. The Bertz CT molecular complexity index is 587. The Morgan fingerprint density at radius 2 is 1.82 bits per heavy atom. The van der Waals surface area contributed by atoms with Crippen LogP contribution in [0, 0.1) is 0 Å². The van der Waals surface area contributed by atoms with Gasteiger partial charge >= 0.3 is 0 Å². The van der Waals surface area contributed by atoms with E-state index in [0.717, 1.165) is 22.6 Å². The van der Waals surface area contributed by atoms with E-state index in [4.69, 9.17) is 4.74 Å². The Balaban J connectivity index is 2.22. The number of carbonyl (C=O) groups is 1. The minimum Gasteiger partial charge on any atom is -0.497 e. The first-order valence-corrected chi connectivity index (χ1v) is 8.31. The van der Waals surface area contributed by atoms with Gasteiger partial charge < -0.3 is 10.1 Å². The van der Waals surface area contributed by atoms with Gasteiger partial charge in [-0.25, -0.2) is 0 Å². The van der Waals surface area contributed by atoms with E-state index in [1.54, 1.807) is 31.3 Å². The molecule has 0 aliphatic heterocycles. The quantitative estimate of drug-likeness (QED) is 0.853. The van der Waals surface area contributed by atoms with Crippen LogP contribution in [0.15, 0.2) is 48.8 Å². The van der Waals surface area contributed by atoms with Crippen LogP contribution in [0.4, 0.5) is 0 Å². The Morgan fingerprint density at radius 3 is 2.41 bits per heavy atom. The summed E-state index contributed by atoms with van der Waals surface area (Å²) in [5, 5.41) is 3.09. The maximum atomic E-state index is 12.1. The Kier molecular flexibility index (Phi) is 6.27. The van der Waals surface area contributed by atoms with Crippen molar-refractivity contribution in [2.24, 2.45) is 0 Å². The standard InChI is InChI=1S/C17H20N2O2S/c1-3-22-12-16(20)19-17(14-8-10-18-11-9-14)13-4-6-15(21-2)7-5-13/h4-11,17H,3,12H2,1-2H3,(H,19,20). The summed E-state index contributed by atoms with van der Waals surface area (Å²) in [6, 6.07) is 11.4. The smallest absolute Gasteiger partial charge is 0.230 e. The summed E-state index contributed by atoms with van der Waals surface area (Å²) < 4.78 is 5.19. The fourth-order valence-electron chi connectivity index (χ4n) is 2.11. The highest BCUT2D eigenvalue weighted by Gasteiger charge is 2.16. The third-order valence-electron chi connectivity index (χ3n) is 3.23. The van der Waals surface area contributed by atoms with E-state index >= 15 is 0 Å². The van der Waals surface area contributed by atoms with Crippen molar-refractivity contribution in [3.05, 3.63) is 59.9 Å². The number of ether oxygens (including phenoxy) is 1. The molecule has 4 nitrogen and oxygen atoms in total. The Labute approximate surface area is 135 Å². The van der Waals surface area contributed by atoms with E-state index in [-0.39, 0.29) is 11.9 Å². The Hall–Kier alpha value is -2.01. The monoisotopic (exact) mass is 316 g/mol. The lowest BCUT2D eigenvalue weighted by molar-refractivity contribution is -0.119. The van der Waals surface area contributed by atoms with E-state index in [2.05, 4.69) is 10.3 Å². The number of aromatic nitrogens is 1. The first-order valence-electron chi connectivity index (χ1n) is 7.15. The van der Waals surface area contributed by atoms with Gasteiger partial charge in [-0.1, -0.05) is 19.1 Å². The van der Waals surface area contributed by atoms with Crippen LogP contribution < -0.4 is 10.1 Å². The van der Waals surface area contributed by atoms with Gasteiger partial charge in [-0.15, -0.1) is 0 Å². The van der Waals surface area contributed by atoms with Crippen molar-refractivity contribution in [3.8, 4) is 5.75 Å². The minimum atomic E-state index is -0.182. The van der Waals surface area contributed by atoms with Gasteiger partial charge in [-0.05, 0) is 41.1 Å². The molecule has 2 rings (SSSR count). The molecule has 1 aromatic heterocycles. The van der Waals surface area contributed by atoms with Gasteiger partial charge in [0.15, 0.2) is 0 Å². The molecule has 22 heavy (non-hydrogen) atoms. The van der Waals surface area contributed by atoms with E-state index < -0.39 is 0 Å². The third-order valence-corrected chi connectivity index (χ3v) is 4.11. The van der Waals surface area contributed by atoms with Gasteiger partial charge in [0.25, 0.3) is 0 Å². The van der Waals surface area contributed by atoms with Gasteiger partial charge in [-0.2, -0.15) is 11.8 Å². The van der Waals surface area contributed by atoms with E-state index in [9.17, 15) is 4.79 Å². The summed E-state index contributed by atoms with van der Waals surface area (Å²) in [5.74, 6) is 2.22. The number of benzene rings is 1. The van der Waals surface area contributed by atoms with Crippen LogP contribution in [0.2, 0.25) is 0 Å². The number of nitrogens with one attached hydrogen (secondary N) is 1. The number of rotatable bonds is 7. The zero-order chi connectivity index (χ0) is 15.8. The molecule has 5 heteroatoms. The summed E-state index contributed by atoms with van der Waals surface area (Å²) in [6.07, 6.45) is 3.47. The SMILES string of the molecule is CCSCC(=O)NC(c1ccncc1)c1ccc(OC)cc1. The molecule has 0 spiro atoms. The van der Waals surface area contributed by atoms with Crippen molar-refractivity contribution < 1.29 is 9.53 Å². The summed E-state index contributed by atoms with van der Waals surface area (Å²) in [6.45, 7) is 2.04. The van der Waals surface area contributed by atoms with Crippen LogP contribution in [-0.4, -0.2) is 29.5 Å². The van der Waals surface area contributed by atoms with Gasteiger partial charge in [0, 0.05) is 12.4 Å². The summed E-state index contributed by atoms with van der Waals surface area (Å²) in [5.41, 5.74) is 2.02. The summed E-state index contributed by atoms with van der Waals surface area (Å²) >= 11 is 1.61. The summed E-state index contributed by atoms with van der Waals surface area (Å²) in [7, 11) is 1.64. The molecule has 1 amide bonds. The van der Waals surface area contributed by atoms with Crippen LogP contribution in [0.5, 0.6) is 5.75 Å². The second-order valence-corrected chi connectivity index (χ2v) is 5.97. The lowest BCUT2D eigenvalue weighted by atomic mass is 9.99. The van der Waals surface area contributed by atoms with Crippen LogP contribution in [0.1, 0.15) is 24.1 Å². The molecule has 1 aromatic carbocycles. The molecular weight excluding hydrogens is 296 g/mol. The average molecular weight is 316 g/mol. The molecule has 0 aliphatic carbocycles. The van der Waals surface area contributed by atoms with Crippen LogP contribution in [-0.2, 0) is 4.79 Å². The topological polar surface area (TPSA) is 51.2 Å². The molecule has 0 bridgehead atoms. The normalized spacial score (nSPS) is 11.7. The molecule has 116 valence electrons. The van der Waals surface area contributed by atoms with E-state index in [1.807, 2.05) is 43.3 Å². The number of thioether (sulfide) groups is 1. The predicted octanol–water partition coefficient (Wildman–Crippen LogP) is 3.05. The fourth-order valence-corrected chi connectivity index (χ4v) is 2.58. The average Bonchev–Trinajstić information content (AvgIpc) is 2.59. The second-order valence-electron chi connectivity index (χ2n) is 4.69. The van der Waals surface area contributed by atoms with Crippen molar-refractivity contribution in [3.63, 3.8) is 0 Å². The van der Waals surface area contributed by atoms with Crippen LogP contribution in [0.25, 0.3) is 0 Å². The van der Waals surface area contributed by atoms with Gasteiger partial charge in [-0.3, -0.25) is 9.78 Å². The maximum absolute atomic E-state index is 12.1. The number of carbonyl (C=O) groups excluding carboxylic acids is 1.